The minimum atomic E-state index is -0.186. The van der Waals surface area contributed by atoms with Gasteiger partial charge in [0.15, 0.2) is 0 Å². The number of amides is 2. The molecular formula is C50H64N16O4. The molecule has 4 aliphatic heterocycles. The Morgan fingerprint density at radius 2 is 0.957 bits per heavy atom. The van der Waals surface area contributed by atoms with Crippen molar-refractivity contribution >= 4 is 68.8 Å². The number of ether oxygens (including phenoxy) is 2. The van der Waals surface area contributed by atoms with Crippen LogP contribution in [0.15, 0.2) is 61.2 Å². The molecule has 0 bridgehead atoms. The third-order valence-corrected chi connectivity index (χ3v) is 15.8. The molecule has 0 atom stereocenters. The maximum absolute atomic E-state index is 12.7. The van der Waals surface area contributed by atoms with Gasteiger partial charge in [0.1, 0.15) is 34.3 Å². The predicted octanol–water partition coefficient (Wildman–Crippen LogP) is 4.70. The standard InChI is InChI=1S/2C25H32N8O2/c2*1-31-9-11-32(12-10-31)18-3-4-21(26-15-18)29-24-27-14-17-13-20-23(34)28-16-25(33(20)22(17)30-24)7-5-19(35-2)6-8-25/h2*3-4,13-15,19H,5-12,16H2,1-2H3,(H,28,34)(H,26,27,29,30). The number of nitrogens with one attached hydrogen (secondary N) is 4. The van der Waals surface area contributed by atoms with Crippen molar-refractivity contribution in [3.63, 3.8) is 0 Å². The third kappa shape index (κ3) is 8.85. The van der Waals surface area contributed by atoms with E-state index in [1.54, 1.807) is 26.6 Å². The summed E-state index contributed by atoms with van der Waals surface area (Å²) in [5.41, 5.74) is 4.77. The molecular weight excluding hydrogens is 889 g/mol. The molecule has 0 radical (unpaired) electrons. The first kappa shape index (κ1) is 45.9. The monoisotopic (exact) mass is 953 g/mol. The summed E-state index contributed by atoms with van der Waals surface area (Å²) in [6.07, 6.45) is 15.5. The normalized spacial score (nSPS) is 25.0. The van der Waals surface area contributed by atoms with Gasteiger partial charge in [-0.1, -0.05) is 0 Å². The Balaban J connectivity index is 0.000000152. The van der Waals surface area contributed by atoms with Gasteiger partial charge in [0.05, 0.1) is 47.1 Å². The van der Waals surface area contributed by atoms with Gasteiger partial charge in [-0.15, -0.1) is 0 Å². The first-order valence-electron chi connectivity index (χ1n) is 24.8. The Kier molecular flexibility index (Phi) is 12.5. The number of hydrogen-bond acceptors (Lipinski definition) is 16. The summed E-state index contributed by atoms with van der Waals surface area (Å²) in [6.45, 7) is 9.47. The van der Waals surface area contributed by atoms with Crippen LogP contribution in [0.2, 0.25) is 0 Å². The van der Waals surface area contributed by atoms with Crippen molar-refractivity contribution in [2.75, 3.05) is 114 Å². The van der Waals surface area contributed by atoms with Crippen LogP contribution in [-0.2, 0) is 20.6 Å². The fourth-order valence-electron chi connectivity index (χ4n) is 11.4. The highest BCUT2D eigenvalue weighted by Crippen LogP contribution is 2.43. The highest BCUT2D eigenvalue weighted by atomic mass is 16.5. The van der Waals surface area contributed by atoms with Crippen LogP contribution in [0, 0.1) is 0 Å². The van der Waals surface area contributed by atoms with Crippen molar-refractivity contribution in [1.82, 2.24) is 59.5 Å². The molecule has 10 heterocycles. The molecule has 2 amide bonds. The molecule has 70 heavy (non-hydrogen) atoms. The van der Waals surface area contributed by atoms with Gasteiger partial charge in [-0.3, -0.25) is 9.59 Å². The Hall–Kier alpha value is -6.48. The summed E-state index contributed by atoms with van der Waals surface area (Å²) in [5, 5.41) is 14.4. The number of aromatic nitrogens is 8. The van der Waals surface area contributed by atoms with E-state index >= 15 is 0 Å². The van der Waals surface area contributed by atoms with Crippen LogP contribution in [0.4, 0.5) is 34.9 Å². The Labute approximate surface area is 407 Å². The van der Waals surface area contributed by atoms with Gasteiger partial charge in [-0.05, 0) is 102 Å². The van der Waals surface area contributed by atoms with Crippen LogP contribution in [0.25, 0.3) is 22.1 Å². The fourth-order valence-corrected chi connectivity index (χ4v) is 11.4. The maximum Gasteiger partial charge on any atom is 0.268 e. The van der Waals surface area contributed by atoms with E-state index in [0.717, 1.165) is 137 Å². The average molecular weight is 953 g/mol. The second kappa shape index (κ2) is 19.0. The van der Waals surface area contributed by atoms with Crippen molar-refractivity contribution in [3.05, 3.63) is 72.6 Å². The molecule has 20 nitrogen and oxygen atoms in total. The number of piperazine rings is 2. The molecule has 12 rings (SSSR count). The van der Waals surface area contributed by atoms with Gasteiger partial charge in [0.2, 0.25) is 11.9 Å². The zero-order valence-corrected chi connectivity index (χ0v) is 40.7. The number of pyridine rings is 2. The van der Waals surface area contributed by atoms with Crippen molar-refractivity contribution in [2.45, 2.75) is 74.7 Å². The number of fused-ring (bicyclic) bond motifs is 8. The number of nitrogens with zero attached hydrogens (tertiary/aromatic N) is 12. The molecule has 6 aliphatic rings. The molecule has 4 N–H and O–H groups in total. The van der Waals surface area contributed by atoms with E-state index in [9.17, 15) is 9.59 Å². The first-order valence-corrected chi connectivity index (χ1v) is 24.8. The van der Waals surface area contributed by atoms with Gasteiger partial charge < -0.3 is 59.5 Å². The molecule has 2 saturated carbocycles. The van der Waals surface area contributed by atoms with Gasteiger partial charge in [0.25, 0.3) is 11.8 Å². The van der Waals surface area contributed by atoms with Crippen LogP contribution in [0.5, 0.6) is 0 Å². The fraction of sp³-hybridized carbons (Fsp3) is 0.520. The number of hydrogen-bond donors (Lipinski definition) is 4. The lowest BCUT2D eigenvalue weighted by Crippen LogP contribution is -2.53. The number of methoxy groups -OCH3 is 2. The quantitative estimate of drug-likeness (QED) is 0.164. The molecule has 2 spiro atoms. The molecule has 0 aromatic carbocycles. The summed E-state index contributed by atoms with van der Waals surface area (Å²) in [4.78, 5) is 62.8. The molecule has 6 aromatic heterocycles. The Morgan fingerprint density at radius 3 is 1.31 bits per heavy atom. The first-order chi connectivity index (χ1) is 34.1. The Morgan fingerprint density at radius 1 is 0.557 bits per heavy atom. The van der Waals surface area contributed by atoms with E-state index in [1.165, 1.54) is 0 Å². The smallest absolute Gasteiger partial charge is 0.268 e. The summed E-state index contributed by atoms with van der Waals surface area (Å²) in [7, 11) is 7.86. The zero-order chi connectivity index (χ0) is 48.0. The summed E-state index contributed by atoms with van der Waals surface area (Å²) in [6, 6.07) is 11.9. The van der Waals surface area contributed by atoms with E-state index in [0.29, 0.717) is 48.0 Å². The van der Waals surface area contributed by atoms with Crippen molar-refractivity contribution < 1.29 is 19.1 Å². The molecule has 2 aliphatic carbocycles. The number of anilines is 6. The molecule has 4 fully saturated rings. The number of likely N-dealkylation sites (N-methyl/N-ethyl adjacent to an activating group) is 2. The van der Waals surface area contributed by atoms with Crippen LogP contribution in [0.1, 0.15) is 72.3 Å². The van der Waals surface area contributed by atoms with E-state index in [2.05, 4.69) is 96.2 Å². The summed E-state index contributed by atoms with van der Waals surface area (Å²) < 4.78 is 15.5. The molecule has 2 saturated heterocycles. The molecule has 6 aromatic rings. The number of rotatable bonds is 8. The highest BCUT2D eigenvalue weighted by Gasteiger charge is 2.45. The second-order valence-electron chi connectivity index (χ2n) is 20.0. The van der Waals surface area contributed by atoms with E-state index in [1.807, 2.05) is 36.7 Å². The zero-order valence-electron chi connectivity index (χ0n) is 40.7. The summed E-state index contributed by atoms with van der Waals surface area (Å²) >= 11 is 0. The van der Waals surface area contributed by atoms with Gasteiger partial charge >= 0.3 is 0 Å². The predicted molar refractivity (Wildman–Crippen MR) is 269 cm³/mol. The minimum Gasteiger partial charge on any atom is -0.381 e. The van der Waals surface area contributed by atoms with Crippen molar-refractivity contribution in [1.29, 1.82) is 0 Å². The lowest BCUT2D eigenvalue weighted by molar-refractivity contribution is 0.0268. The van der Waals surface area contributed by atoms with Gasteiger partial charge in [-0.25, -0.2) is 19.9 Å². The number of carbonyl (C=O) groups is 2. The van der Waals surface area contributed by atoms with Gasteiger partial charge in [-0.2, -0.15) is 9.97 Å². The SMILES string of the molecule is COC1CCC2(CC1)CNC(=O)c1cc3cnc(Nc4ccc(N5CCN(C)CC5)cn4)nc3n12.COC1CCC2(CC1)CNC(=O)c1cc3cnc(Nc4ccc(N5CCN(C)CC5)cn4)nc3n12. The van der Waals surface area contributed by atoms with Crippen molar-refractivity contribution in [3.8, 4) is 0 Å². The Bertz CT molecular complexity index is 2640. The lowest BCUT2D eigenvalue weighted by atomic mass is 9.79. The maximum atomic E-state index is 12.7. The van der Waals surface area contributed by atoms with Crippen LogP contribution in [-0.4, -0.2) is 167 Å². The van der Waals surface area contributed by atoms with E-state index in [-0.39, 0.29) is 35.1 Å². The van der Waals surface area contributed by atoms with Crippen molar-refractivity contribution in [2.24, 2.45) is 0 Å². The molecule has 20 heteroatoms. The van der Waals surface area contributed by atoms with Crippen LogP contribution < -0.4 is 31.1 Å². The molecule has 0 unspecified atom stereocenters. The average Bonchev–Trinajstić information content (AvgIpc) is 3.99. The van der Waals surface area contributed by atoms with Crippen LogP contribution in [0.3, 0.4) is 0 Å². The van der Waals surface area contributed by atoms with E-state index < -0.39 is 0 Å². The largest absolute Gasteiger partial charge is 0.381 e. The highest BCUT2D eigenvalue weighted by molar-refractivity contribution is 6.00. The summed E-state index contributed by atoms with van der Waals surface area (Å²) in [5.74, 6) is 2.23. The minimum absolute atomic E-state index is 0.0573. The second-order valence-corrected chi connectivity index (χ2v) is 20.0. The van der Waals surface area contributed by atoms with Crippen LogP contribution >= 0.6 is 0 Å². The number of carbonyl (C=O) groups excluding carboxylic acids is 2. The van der Waals surface area contributed by atoms with Gasteiger partial charge in [0, 0.05) is 103 Å². The topological polar surface area (TPSA) is 201 Å². The molecule has 368 valence electrons. The van der Waals surface area contributed by atoms with E-state index in [4.69, 9.17) is 19.4 Å². The lowest BCUT2D eigenvalue weighted by Gasteiger charge is -2.44. The third-order valence-electron chi connectivity index (χ3n) is 15.8.